The van der Waals surface area contributed by atoms with Gasteiger partial charge < -0.3 is 4.74 Å². The number of hydrazone groups is 1. The van der Waals surface area contributed by atoms with Gasteiger partial charge in [0.2, 0.25) is 0 Å². The molecule has 0 bridgehead atoms. The molecule has 0 atom stereocenters. The Hall–Kier alpha value is -2.54. The topological polar surface area (TPSA) is 80.1 Å². The van der Waals surface area contributed by atoms with Gasteiger partial charge in [0.05, 0.1) is 12.8 Å². The van der Waals surface area contributed by atoms with Gasteiger partial charge in [0.1, 0.15) is 12.3 Å². The van der Waals surface area contributed by atoms with Crippen LogP contribution in [0.1, 0.15) is 15.9 Å². The summed E-state index contributed by atoms with van der Waals surface area (Å²) in [6.07, 6.45) is 0. The molecule has 0 heterocycles. The number of rotatable bonds is 6. The average molecular weight is 376 g/mol. The first-order chi connectivity index (χ1) is 11.1. The summed E-state index contributed by atoms with van der Waals surface area (Å²) in [6.45, 7) is -0.148. The van der Waals surface area contributed by atoms with Crippen LogP contribution in [0.3, 0.4) is 0 Å². The Balaban J connectivity index is 2.17. The van der Waals surface area contributed by atoms with Crippen molar-refractivity contribution in [1.82, 2.24) is 5.43 Å². The lowest BCUT2D eigenvalue weighted by atomic mass is 10.1. The van der Waals surface area contributed by atoms with Crippen molar-refractivity contribution in [2.24, 2.45) is 10.3 Å². The van der Waals surface area contributed by atoms with Gasteiger partial charge in [0.15, 0.2) is 0 Å². The van der Waals surface area contributed by atoms with E-state index in [1.165, 1.54) is 0 Å². The minimum atomic E-state index is -0.372. The molecule has 118 valence electrons. The summed E-state index contributed by atoms with van der Waals surface area (Å²) in [5.74, 6) is 0.313. The Labute approximate surface area is 141 Å². The number of methoxy groups -OCH3 is 1. The van der Waals surface area contributed by atoms with E-state index in [0.717, 1.165) is 4.47 Å². The predicted octanol–water partition coefficient (Wildman–Crippen LogP) is 3.36. The quantitative estimate of drug-likeness (QED) is 0.477. The number of carbonyl (C=O) groups is 1. The molecule has 0 spiro atoms. The molecule has 1 N–H and O–H groups in total. The van der Waals surface area contributed by atoms with E-state index in [2.05, 4.69) is 31.6 Å². The first-order valence-corrected chi connectivity index (χ1v) is 7.49. The number of nitrogens with zero attached hydrogens (tertiary/aromatic N) is 2. The number of amides is 1. The van der Waals surface area contributed by atoms with E-state index in [1.807, 2.05) is 6.07 Å². The highest BCUT2D eigenvalue weighted by Crippen LogP contribution is 2.13. The molecule has 2 rings (SSSR count). The molecule has 0 aromatic heterocycles. The van der Waals surface area contributed by atoms with Crippen molar-refractivity contribution in [2.45, 2.75) is 0 Å². The first kappa shape index (κ1) is 16.8. The standard InChI is InChI=1S/C16H14BrN3O3/c1-23-14-7-5-11(6-8-14)15(10-18-22)19-20-16(21)12-3-2-4-13(17)9-12/h2-9H,10H2,1H3,(H,20,21). The van der Waals surface area contributed by atoms with Crippen molar-refractivity contribution < 1.29 is 9.53 Å². The zero-order chi connectivity index (χ0) is 16.7. The molecule has 0 saturated carbocycles. The predicted molar refractivity (Wildman–Crippen MR) is 91.8 cm³/mol. The Bertz CT molecular complexity index is 730. The maximum atomic E-state index is 12.1. The van der Waals surface area contributed by atoms with Crippen LogP contribution >= 0.6 is 15.9 Å². The molecule has 0 fully saturated rings. The summed E-state index contributed by atoms with van der Waals surface area (Å²) in [4.78, 5) is 22.7. The number of hydrogen-bond acceptors (Lipinski definition) is 5. The van der Waals surface area contributed by atoms with Crippen LogP contribution in [0.4, 0.5) is 0 Å². The lowest BCUT2D eigenvalue weighted by Gasteiger charge is -2.06. The van der Waals surface area contributed by atoms with E-state index in [-0.39, 0.29) is 12.5 Å². The van der Waals surface area contributed by atoms with Gasteiger partial charge in [-0.2, -0.15) is 10.0 Å². The Morgan fingerprint density at radius 1 is 1.17 bits per heavy atom. The minimum absolute atomic E-state index is 0.148. The van der Waals surface area contributed by atoms with Crippen molar-refractivity contribution in [3.8, 4) is 5.75 Å². The van der Waals surface area contributed by atoms with Crippen molar-refractivity contribution in [2.75, 3.05) is 13.7 Å². The van der Waals surface area contributed by atoms with E-state index in [9.17, 15) is 9.70 Å². The van der Waals surface area contributed by atoms with Crippen LogP contribution in [0.25, 0.3) is 0 Å². The number of hydrogen-bond donors (Lipinski definition) is 1. The molecule has 0 unspecified atom stereocenters. The minimum Gasteiger partial charge on any atom is -0.497 e. The number of halogens is 1. The number of nitrogens with one attached hydrogen (secondary N) is 1. The van der Waals surface area contributed by atoms with Crippen molar-refractivity contribution in [3.63, 3.8) is 0 Å². The number of carbonyl (C=O) groups excluding carboxylic acids is 1. The van der Waals surface area contributed by atoms with Gasteiger partial charge >= 0.3 is 0 Å². The third-order valence-corrected chi connectivity index (χ3v) is 3.51. The van der Waals surface area contributed by atoms with Crippen molar-refractivity contribution >= 4 is 27.5 Å². The molecule has 7 heteroatoms. The second kappa shape index (κ2) is 8.19. The number of benzene rings is 2. The maximum absolute atomic E-state index is 12.1. The summed E-state index contributed by atoms with van der Waals surface area (Å²) in [7, 11) is 1.56. The normalized spacial score (nSPS) is 11.0. The van der Waals surface area contributed by atoms with Crippen LogP contribution in [0.2, 0.25) is 0 Å². The second-order valence-corrected chi connectivity index (χ2v) is 5.44. The number of ether oxygens (including phenoxy) is 1. The summed E-state index contributed by atoms with van der Waals surface area (Å²) >= 11 is 3.30. The maximum Gasteiger partial charge on any atom is 0.271 e. The van der Waals surface area contributed by atoms with Gasteiger partial charge in [-0.25, -0.2) is 5.43 Å². The van der Waals surface area contributed by atoms with Crippen LogP contribution in [-0.4, -0.2) is 25.3 Å². The Morgan fingerprint density at radius 2 is 1.91 bits per heavy atom. The summed E-state index contributed by atoms with van der Waals surface area (Å²) in [5, 5.41) is 6.86. The summed E-state index contributed by atoms with van der Waals surface area (Å²) < 4.78 is 5.87. The Morgan fingerprint density at radius 3 is 2.52 bits per heavy atom. The van der Waals surface area contributed by atoms with E-state index in [1.54, 1.807) is 49.6 Å². The summed E-state index contributed by atoms with van der Waals surface area (Å²) in [6, 6.07) is 13.9. The molecule has 1 amide bonds. The van der Waals surface area contributed by atoms with Gasteiger partial charge in [-0.3, -0.25) is 4.79 Å². The van der Waals surface area contributed by atoms with Crippen LogP contribution in [0.5, 0.6) is 5.75 Å². The third-order valence-electron chi connectivity index (χ3n) is 3.02. The van der Waals surface area contributed by atoms with E-state index in [4.69, 9.17) is 4.74 Å². The monoisotopic (exact) mass is 375 g/mol. The van der Waals surface area contributed by atoms with Gasteiger partial charge in [0, 0.05) is 15.6 Å². The largest absolute Gasteiger partial charge is 0.497 e. The van der Waals surface area contributed by atoms with Gasteiger partial charge in [0.25, 0.3) is 5.91 Å². The molecule has 2 aromatic carbocycles. The van der Waals surface area contributed by atoms with Gasteiger partial charge in [-0.1, -0.05) is 27.2 Å². The molecular formula is C16H14BrN3O3. The Kier molecular flexibility index (Phi) is 5.99. The van der Waals surface area contributed by atoms with Gasteiger partial charge in [-0.15, -0.1) is 0 Å². The van der Waals surface area contributed by atoms with Gasteiger partial charge in [-0.05, 0) is 42.5 Å². The second-order valence-electron chi connectivity index (χ2n) is 4.53. The van der Waals surface area contributed by atoms with Crippen molar-refractivity contribution in [3.05, 3.63) is 69.0 Å². The molecule has 2 aromatic rings. The molecule has 6 nitrogen and oxygen atoms in total. The highest BCUT2D eigenvalue weighted by atomic mass is 79.9. The molecule has 0 aliphatic heterocycles. The van der Waals surface area contributed by atoms with Crippen LogP contribution in [-0.2, 0) is 0 Å². The van der Waals surface area contributed by atoms with Crippen molar-refractivity contribution in [1.29, 1.82) is 0 Å². The zero-order valence-electron chi connectivity index (χ0n) is 12.3. The summed E-state index contributed by atoms with van der Waals surface area (Å²) in [5.41, 5.74) is 3.94. The van der Waals surface area contributed by atoms with E-state index >= 15 is 0 Å². The lowest BCUT2D eigenvalue weighted by molar-refractivity contribution is 0.0955. The van der Waals surface area contributed by atoms with E-state index < -0.39 is 0 Å². The first-order valence-electron chi connectivity index (χ1n) is 6.70. The molecule has 0 saturated heterocycles. The van der Waals surface area contributed by atoms with Crippen LogP contribution in [0.15, 0.2) is 63.3 Å². The molecular weight excluding hydrogens is 362 g/mol. The van der Waals surface area contributed by atoms with E-state index in [0.29, 0.717) is 22.6 Å². The number of nitroso groups, excluding NO2 is 1. The molecule has 0 aliphatic rings. The fraction of sp³-hybridized carbons (Fsp3) is 0.125. The molecule has 0 aliphatic carbocycles. The highest BCUT2D eigenvalue weighted by Gasteiger charge is 2.08. The SMILES string of the molecule is COc1ccc(C(CN=O)=NNC(=O)c2cccc(Br)c2)cc1. The smallest absolute Gasteiger partial charge is 0.271 e. The van der Waals surface area contributed by atoms with Crippen LogP contribution < -0.4 is 10.2 Å². The highest BCUT2D eigenvalue weighted by molar-refractivity contribution is 9.10. The third kappa shape index (κ3) is 4.72. The fourth-order valence-electron chi connectivity index (χ4n) is 1.85. The van der Waals surface area contributed by atoms with Crippen LogP contribution in [0, 0.1) is 4.91 Å². The molecule has 23 heavy (non-hydrogen) atoms. The molecule has 0 radical (unpaired) electrons. The average Bonchev–Trinajstić information content (AvgIpc) is 2.58. The lowest BCUT2D eigenvalue weighted by Crippen LogP contribution is -2.21. The zero-order valence-corrected chi connectivity index (χ0v) is 13.9. The fourth-order valence-corrected chi connectivity index (χ4v) is 2.25.